The van der Waals surface area contributed by atoms with E-state index in [0.717, 1.165) is 29.8 Å². The third-order valence-electron chi connectivity index (χ3n) is 9.90. The molecule has 4 aromatic rings. The first-order valence-corrected chi connectivity index (χ1v) is 17.4. The number of unbranched alkanes of at least 4 members (excludes halogenated alkanes) is 2. The number of nitrogens with zero attached hydrogens (tertiary/aromatic N) is 7. The van der Waals surface area contributed by atoms with Crippen LogP contribution in [0.1, 0.15) is 150 Å². The first-order valence-electron chi connectivity index (χ1n) is 17.4. The minimum atomic E-state index is -3.02. The maximum absolute atomic E-state index is 15.0. The zero-order chi connectivity index (χ0) is 31.2. The van der Waals surface area contributed by atoms with Crippen LogP contribution in [0, 0.1) is 0 Å². The minimum Gasteiger partial charge on any atom is -0.310 e. The van der Waals surface area contributed by atoms with Crippen LogP contribution in [0.15, 0.2) is 30.3 Å². The molecule has 1 N–H and O–H groups in total. The van der Waals surface area contributed by atoms with Crippen molar-refractivity contribution >= 4 is 0 Å². The van der Waals surface area contributed by atoms with Crippen LogP contribution in [0.3, 0.4) is 0 Å². The molecule has 0 saturated heterocycles. The summed E-state index contributed by atoms with van der Waals surface area (Å²) in [5.41, 5.74) is 5.87. The number of H-pyrrole nitrogens is 1. The second kappa shape index (κ2) is 14.3. The quantitative estimate of drug-likeness (QED) is 0.161. The van der Waals surface area contributed by atoms with E-state index in [1.54, 1.807) is 4.68 Å². The zero-order valence-electron chi connectivity index (χ0n) is 26.9. The van der Waals surface area contributed by atoms with Crippen LogP contribution in [0.2, 0.25) is 0 Å². The molecule has 0 bridgehead atoms. The van der Waals surface area contributed by atoms with Gasteiger partial charge in [0.05, 0.1) is 12.2 Å². The molecule has 2 saturated carbocycles. The molecule has 8 nitrogen and oxygen atoms in total. The standard InChI is InChI=1S/C35H48F2N8/c1-3-5-17-31-38-34(35(36,37)22-6-4-2)41-44(31)24-25-18-20-28(21-19-25)45-30(27-15-11-8-12-16-27)23-29(26-13-9-7-10-14-26)32(45)33-39-42-43-40-33/h18-21,23,26-27H,3-17,22,24H2,1-2H3,(H,39,40,42,43). The van der Waals surface area contributed by atoms with Gasteiger partial charge in [-0.2, -0.15) is 8.78 Å². The molecule has 2 aliphatic rings. The van der Waals surface area contributed by atoms with E-state index in [2.05, 4.69) is 72.5 Å². The number of nitrogens with one attached hydrogen (secondary N) is 1. The Labute approximate surface area is 265 Å². The van der Waals surface area contributed by atoms with Crippen LogP contribution in [0.4, 0.5) is 8.78 Å². The summed E-state index contributed by atoms with van der Waals surface area (Å²) in [5, 5.41) is 19.8. The molecule has 3 heterocycles. The highest BCUT2D eigenvalue weighted by Gasteiger charge is 2.36. The van der Waals surface area contributed by atoms with Crippen molar-refractivity contribution in [2.75, 3.05) is 0 Å². The number of rotatable bonds is 13. The average Bonchev–Trinajstić information content (AvgIpc) is 3.83. The number of aromatic nitrogens is 8. The van der Waals surface area contributed by atoms with Crippen molar-refractivity contribution in [1.29, 1.82) is 0 Å². The van der Waals surface area contributed by atoms with Crippen LogP contribution >= 0.6 is 0 Å². The Bertz CT molecular complexity index is 1490. The van der Waals surface area contributed by atoms with E-state index in [4.69, 9.17) is 0 Å². The van der Waals surface area contributed by atoms with Crippen molar-refractivity contribution in [3.05, 3.63) is 58.8 Å². The van der Waals surface area contributed by atoms with Crippen molar-refractivity contribution in [1.82, 2.24) is 40.0 Å². The number of benzene rings is 1. The first kappa shape index (κ1) is 31.5. The highest BCUT2D eigenvalue weighted by Crippen LogP contribution is 2.44. The zero-order valence-corrected chi connectivity index (χ0v) is 26.9. The van der Waals surface area contributed by atoms with E-state index in [0.29, 0.717) is 49.3 Å². The van der Waals surface area contributed by atoms with Gasteiger partial charge in [-0.1, -0.05) is 77.3 Å². The van der Waals surface area contributed by atoms with Crippen LogP contribution < -0.4 is 0 Å². The van der Waals surface area contributed by atoms with E-state index < -0.39 is 5.92 Å². The molecule has 0 unspecified atom stereocenters. The average molecular weight is 619 g/mol. The molecule has 1 aromatic carbocycles. The lowest BCUT2D eigenvalue weighted by molar-refractivity contribution is -0.0245. The van der Waals surface area contributed by atoms with Gasteiger partial charge in [-0.15, -0.1) is 10.2 Å². The molecule has 10 heteroatoms. The molecule has 0 spiro atoms. The van der Waals surface area contributed by atoms with Crippen molar-refractivity contribution in [2.24, 2.45) is 0 Å². The van der Waals surface area contributed by atoms with Gasteiger partial charge in [0.15, 0.2) is 5.82 Å². The minimum absolute atomic E-state index is 0.221. The summed E-state index contributed by atoms with van der Waals surface area (Å²) < 4.78 is 34.0. The maximum atomic E-state index is 15.0. The van der Waals surface area contributed by atoms with E-state index in [1.807, 2.05) is 6.92 Å². The summed E-state index contributed by atoms with van der Waals surface area (Å²) >= 11 is 0. The van der Waals surface area contributed by atoms with Crippen molar-refractivity contribution in [3.8, 4) is 17.2 Å². The summed E-state index contributed by atoms with van der Waals surface area (Å²) in [4.78, 5) is 4.36. The highest BCUT2D eigenvalue weighted by molar-refractivity contribution is 5.63. The first-order chi connectivity index (χ1) is 22.0. The van der Waals surface area contributed by atoms with Gasteiger partial charge in [-0.25, -0.2) is 14.8 Å². The summed E-state index contributed by atoms with van der Waals surface area (Å²) in [6.45, 7) is 4.43. The molecular formula is C35H48F2N8. The molecule has 0 atom stereocenters. The van der Waals surface area contributed by atoms with Gasteiger partial charge in [0, 0.05) is 24.2 Å². The molecule has 242 valence electrons. The predicted octanol–water partition coefficient (Wildman–Crippen LogP) is 9.02. The third kappa shape index (κ3) is 7.04. The lowest BCUT2D eigenvalue weighted by atomic mass is 9.82. The molecule has 2 aliphatic carbocycles. The van der Waals surface area contributed by atoms with Crippen LogP contribution in [-0.2, 0) is 18.9 Å². The lowest BCUT2D eigenvalue weighted by Crippen LogP contribution is -2.16. The molecule has 0 amide bonds. The number of halogens is 2. The molecule has 0 aliphatic heterocycles. The summed E-state index contributed by atoms with van der Waals surface area (Å²) in [7, 11) is 0. The van der Waals surface area contributed by atoms with E-state index >= 15 is 0 Å². The monoisotopic (exact) mass is 618 g/mol. The van der Waals surface area contributed by atoms with Crippen molar-refractivity contribution < 1.29 is 8.78 Å². The normalized spacial score (nSPS) is 16.9. The number of aryl methyl sites for hydroxylation is 1. The molecule has 45 heavy (non-hydrogen) atoms. The molecular weight excluding hydrogens is 570 g/mol. The topological polar surface area (TPSA) is 90.1 Å². The molecule has 6 rings (SSSR count). The second-order valence-corrected chi connectivity index (χ2v) is 13.2. The number of hydrogen-bond acceptors (Lipinski definition) is 5. The Balaban J connectivity index is 1.36. The summed E-state index contributed by atoms with van der Waals surface area (Å²) in [6, 6.07) is 11.0. The Morgan fingerprint density at radius 3 is 2.22 bits per heavy atom. The van der Waals surface area contributed by atoms with Crippen LogP contribution in [0.5, 0.6) is 0 Å². The molecule has 2 fully saturated rings. The Morgan fingerprint density at radius 1 is 0.889 bits per heavy atom. The van der Waals surface area contributed by atoms with Gasteiger partial charge in [0.2, 0.25) is 5.82 Å². The van der Waals surface area contributed by atoms with E-state index in [-0.39, 0.29) is 12.2 Å². The van der Waals surface area contributed by atoms with Gasteiger partial charge in [0.1, 0.15) is 5.82 Å². The fraction of sp³-hybridized carbons (Fsp3) is 0.629. The number of hydrogen-bond donors (Lipinski definition) is 1. The maximum Gasteiger partial charge on any atom is 0.308 e. The molecule has 0 radical (unpaired) electrons. The number of tetrazole rings is 1. The van der Waals surface area contributed by atoms with Gasteiger partial charge < -0.3 is 4.57 Å². The van der Waals surface area contributed by atoms with Crippen LogP contribution in [-0.4, -0.2) is 40.0 Å². The van der Waals surface area contributed by atoms with E-state index in [1.165, 1.54) is 75.5 Å². The summed E-state index contributed by atoms with van der Waals surface area (Å²) in [6.07, 6.45) is 15.8. The fourth-order valence-corrected chi connectivity index (χ4v) is 7.36. The van der Waals surface area contributed by atoms with Gasteiger partial charge in [-0.3, -0.25) is 0 Å². The largest absolute Gasteiger partial charge is 0.310 e. The van der Waals surface area contributed by atoms with E-state index in [9.17, 15) is 8.78 Å². The smallest absolute Gasteiger partial charge is 0.308 e. The van der Waals surface area contributed by atoms with Crippen molar-refractivity contribution in [2.45, 2.75) is 141 Å². The lowest BCUT2D eigenvalue weighted by Gasteiger charge is -2.24. The summed E-state index contributed by atoms with van der Waals surface area (Å²) in [5.74, 6) is -1.02. The Hall–Kier alpha value is -3.43. The van der Waals surface area contributed by atoms with Gasteiger partial charge >= 0.3 is 5.92 Å². The molecule has 3 aromatic heterocycles. The number of aromatic amines is 1. The van der Waals surface area contributed by atoms with Gasteiger partial charge in [-0.05, 0) is 90.1 Å². The predicted molar refractivity (Wildman–Crippen MR) is 172 cm³/mol. The highest BCUT2D eigenvalue weighted by atomic mass is 19.3. The Morgan fingerprint density at radius 2 is 1.58 bits per heavy atom. The van der Waals surface area contributed by atoms with Crippen molar-refractivity contribution in [3.63, 3.8) is 0 Å². The third-order valence-corrected chi connectivity index (χ3v) is 9.90. The fourth-order valence-electron chi connectivity index (χ4n) is 7.36. The number of alkyl halides is 2. The SMILES string of the molecule is CCCCc1nc(C(F)(F)CCCC)nn1Cc1ccc(-n2c(C3CCCCC3)cc(C3CCCCC3)c2-c2nnn[nH]2)cc1. The second-order valence-electron chi connectivity index (χ2n) is 13.2. The van der Waals surface area contributed by atoms with Crippen LogP contribution in [0.25, 0.3) is 17.2 Å². The van der Waals surface area contributed by atoms with Gasteiger partial charge in [0.25, 0.3) is 0 Å². The Kier molecular flexibility index (Phi) is 10.0.